The lowest BCUT2D eigenvalue weighted by Gasteiger charge is -2.03. The van der Waals surface area contributed by atoms with Crippen LogP contribution >= 0.6 is 11.6 Å². The van der Waals surface area contributed by atoms with Crippen molar-refractivity contribution in [2.75, 3.05) is 0 Å². The lowest BCUT2D eigenvalue weighted by molar-refractivity contribution is 0.598. The Hall–Kier alpha value is -2.53. The van der Waals surface area contributed by atoms with E-state index in [1.165, 1.54) is 6.08 Å². The minimum atomic E-state index is -0.623. The van der Waals surface area contributed by atoms with E-state index >= 15 is 0 Å². The smallest absolute Gasteiger partial charge is 0.259 e. The fraction of sp³-hybridized carbons (Fsp3) is 0. The normalized spacial score (nSPS) is 11.9. The summed E-state index contributed by atoms with van der Waals surface area (Å²) < 4.78 is 26.8. The predicted octanol–water partition coefficient (Wildman–Crippen LogP) is 3.94. The van der Waals surface area contributed by atoms with Crippen LogP contribution in [0.1, 0.15) is 11.4 Å². The number of nitrogens with one attached hydrogen (secondary N) is 1. The largest absolute Gasteiger partial charge is 0.305 e. The molecule has 2 aromatic carbocycles. The third-order valence-corrected chi connectivity index (χ3v) is 3.37. The van der Waals surface area contributed by atoms with Gasteiger partial charge in [-0.3, -0.25) is 4.79 Å². The summed E-state index contributed by atoms with van der Waals surface area (Å²) in [6.45, 7) is 0. The molecule has 0 atom stereocenters. The molecule has 3 aromatic rings. The third kappa shape index (κ3) is 2.76. The number of hydrogen-bond donors (Lipinski definition) is 1. The van der Waals surface area contributed by atoms with Gasteiger partial charge in [0, 0.05) is 5.56 Å². The van der Waals surface area contributed by atoms with Crippen LogP contribution in [0.2, 0.25) is 0 Å². The van der Waals surface area contributed by atoms with Crippen LogP contribution in [0.15, 0.2) is 47.3 Å². The van der Waals surface area contributed by atoms with E-state index in [0.29, 0.717) is 10.9 Å². The highest BCUT2D eigenvalue weighted by Gasteiger charge is 2.08. The fourth-order valence-electron chi connectivity index (χ4n) is 2.03. The molecule has 0 saturated carbocycles. The predicted molar refractivity (Wildman–Crippen MR) is 82.4 cm³/mol. The van der Waals surface area contributed by atoms with Crippen LogP contribution in [0.4, 0.5) is 8.78 Å². The average molecular weight is 319 g/mol. The Morgan fingerprint density at radius 1 is 1.18 bits per heavy atom. The molecule has 0 saturated heterocycles. The quantitative estimate of drug-likeness (QED) is 0.778. The Balaban J connectivity index is 2.12. The van der Waals surface area contributed by atoms with Crippen LogP contribution in [0.3, 0.4) is 0 Å². The molecule has 0 spiro atoms. The van der Waals surface area contributed by atoms with Crippen LogP contribution in [-0.4, -0.2) is 9.97 Å². The highest BCUT2D eigenvalue weighted by atomic mass is 35.5. The zero-order chi connectivity index (χ0) is 15.7. The summed E-state index contributed by atoms with van der Waals surface area (Å²) in [5.41, 5.74) is 0.0835. The molecule has 3 rings (SSSR count). The summed E-state index contributed by atoms with van der Waals surface area (Å²) >= 11 is 6.08. The molecule has 0 aliphatic rings. The van der Waals surface area contributed by atoms with Crippen molar-refractivity contribution in [3.63, 3.8) is 0 Å². The number of hydrogen-bond acceptors (Lipinski definition) is 2. The van der Waals surface area contributed by atoms with E-state index in [9.17, 15) is 13.6 Å². The van der Waals surface area contributed by atoms with Gasteiger partial charge in [-0.1, -0.05) is 23.7 Å². The Labute approximate surface area is 128 Å². The van der Waals surface area contributed by atoms with Crippen molar-refractivity contribution >= 4 is 33.6 Å². The number of nitrogens with zero attached hydrogens (tertiary/aromatic N) is 1. The first-order chi connectivity index (χ1) is 10.5. The van der Waals surface area contributed by atoms with Gasteiger partial charge in [0.05, 0.1) is 15.9 Å². The van der Waals surface area contributed by atoms with Gasteiger partial charge in [-0.05, 0) is 36.4 Å². The van der Waals surface area contributed by atoms with E-state index in [4.69, 9.17) is 11.6 Å². The molecule has 110 valence electrons. The van der Waals surface area contributed by atoms with Gasteiger partial charge in [-0.25, -0.2) is 13.8 Å². The maximum absolute atomic E-state index is 13.6. The molecule has 0 aliphatic carbocycles. The molecule has 1 aromatic heterocycles. The minimum Gasteiger partial charge on any atom is -0.305 e. The molecule has 3 nitrogen and oxygen atoms in total. The molecular formula is C16H9ClF2N2O. The molecule has 1 heterocycles. The molecule has 1 N–H and O–H groups in total. The molecule has 6 heteroatoms. The fourth-order valence-corrected chi connectivity index (χ4v) is 2.24. The Kier molecular flexibility index (Phi) is 3.73. The van der Waals surface area contributed by atoms with E-state index in [1.807, 2.05) is 0 Å². The topological polar surface area (TPSA) is 45.8 Å². The third-order valence-electron chi connectivity index (χ3n) is 3.08. The molecule has 0 aliphatic heterocycles. The molecule has 0 fully saturated rings. The highest BCUT2D eigenvalue weighted by molar-refractivity contribution is 6.50. The van der Waals surface area contributed by atoms with Crippen molar-refractivity contribution in [2.24, 2.45) is 0 Å². The Morgan fingerprint density at radius 3 is 2.77 bits per heavy atom. The molecule has 0 bridgehead atoms. The van der Waals surface area contributed by atoms with E-state index in [-0.39, 0.29) is 22.0 Å². The van der Waals surface area contributed by atoms with E-state index in [1.54, 1.807) is 24.3 Å². The Morgan fingerprint density at radius 2 is 1.95 bits per heavy atom. The molecular weight excluding hydrogens is 310 g/mol. The molecule has 0 unspecified atom stereocenters. The van der Waals surface area contributed by atoms with Gasteiger partial charge in [-0.15, -0.1) is 0 Å². The summed E-state index contributed by atoms with van der Waals surface area (Å²) in [5, 5.41) is 0.431. The first-order valence-electron chi connectivity index (χ1n) is 6.36. The van der Waals surface area contributed by atoms with E-state index < -0.39 is 11.6 Å². The number of H-pyrrole nitrogens is 1. The monoisotopic (exact) mass is 318 g/mol. The standard InChI is InChI=1S/C16H9ClF2N2O/c17-12(8-9-7-10(18)5-6-13(9)19)15-20-14-4-2-1-3-11(14)16(22)21-15/h1-8H,(H,20,21,22)/b12-8+. The number of rotatable bonds is 2. The van der Waals surface area contributed by atoms with Gasteiger partial charge in [-0.2, -0.15) is 0 Å². The first kappa shape index (κ1) is 14.4. The van der Waals surface area contributed by atoms with Gasteiger partial charge >= 0.3 is 0 Å². The van der Waals surface area contributed by atoms with Crippen molar-refractivity contribution in [3.05, 3.63) is 75.8 Å². The van der Waals surface area contributed by atoms with Gasteiger partial charge < -0.3 is 4.98 Å². The van der Waals surface area contributed by atoms with Crippen molar-refractivity contribution in [1.82, 2.24) is 9.97 Å². The maximum atomic E-state index is 13.6. The van der Waals surface area contributed by atoms with Gasteiger partial charge in [0.15, 0.2) is 5.82 Å². The van der Waals surface area contributed by atoms with Gasteiger partial charge in [0.1, 0.15) is 11.6 Å². The Bertz CT molecular complexity index is 950. The first-order valence-corrected chi connectivity index (χ1v) is 6.74. The molecule has 22 heavy (non-hydrogen) atoms. The summed E-state index contributed by atoms with van der Waals surface area (Å²) in [4.78, 5) is 18.7. The van der Waals surface area contributed by atoms with Crippen molar-refractivity contribution in [1.29, 1.82) is 0 Å². The van der Waals surface area contributed by atoms with Crippen LogP contribution in [0, 0.1) is 11.6 Å². The van der Waals surface area contributed by atoms with E-state index in [2.05, 4.69) is 9.97 Å². The van der Waals surface area contributed by atoms with Gasteiger partial charge in [0.25, 0.3) is 5.56 Å². The maximum Gasteiger partial charge on any atom is 0.259 e. The summed E-state index contributed by atoms with van der Waals surface area (Å²) in [6.07, 6.45) is 1.22. The number of aromatic amines is 1. The molecule has 0 radical (unpaired) electrons. The number of halogens is 3. The lowest BCUT2D eigenvalue weighted by Crippen LogP contribution is -2.10. The van der Waals surface area contributed by atoms with Crippen LogP contribution in [-0.2, 0) is 0 Å². The number of benzene rings is 2. The minimum absolute atomic E-state index is 0.00681. The van der Waals surface area contributed by atoms with Crippen LogP contribution in [0.5, 0.6) is 0 Å². The van der Waals surface area contributed by atoms with Crippen molar-refractivity contribution < 1.29 is 8.78 Å². The second-order valence-electron chi connectivity index (χ2n) is 4.59. The average Bonchev–Trinajstić information content (AvgIpc) is 2.51. The summed E-state index contributed by atoms with van der Waals surface area (Å²) in [7, 11) is 0. The van der Waals surface area contributed by atoms with Crippen molar-refractivity contribution in [3.8, 4) is 0 Å². The summed E-state index contributed by atoms with van der Waals surface area (Å²) in [6, 6.07) is 9.78. The van der Waals surface area contributed by atoms with Crippen LogP contribution in [0.25, 0.3) is 22.0 Å². The number of fused-ring (bicyclic) bond motifs is 1. The summed E-state index contributed by atoms with van der Waals surface area (Å²) in [5.74, 6) is -1.12. The van der Waals surface area contributed by atoms with E-state index in [0.717, 1.165) is 18.2 Å². The SMILES string of the molecule is O=c1[nH]c(/C(Cl)=C\c2cc(F)ccc2F)nc2ccccc12. The van der Waals surface area contributed by atoms with Crippen LogP contribution < -0.4 is 5.56 Å². The lowest BCUT2D eigenvalue weighted by atomic mass is 10.2. The second-order valence-corrected chi connectivity index (χ2v) is 5.00. The zero-order valence-corrected chi connectivity index (χ0v) is 11.9. The zero-order valence-electron chi connectivity index (χ0n) is 11.1. The number of para-hydroxylation sites is 1. The van der Waals surface area contributed by atoms with Crippen molar-refractivity contribution in [2.45, 2.75) is 0 Å². The second kappa shape index (κ2) is 5.69. The highest BCUT2D eigenvalue weighted by Crippen LogP contribution is 2.21. The number of aromatic nitrogens is 2. The molecule has 0 amide bonds. The van der Waals surface area contributed by atoms with Gasteiger partial charge in [0.2, 0.25) is 0 Å².